The van der Waals surface area contributed by atoms with Crippen molar-refractivity contribution >= 4 is 10.0 Å². The van der Waals surface area contributed by atoms with Gasteiger partial charge in [-0.1, -0.05) is 6.07 Å². The molecule has 4 nitrogen and oxygen atoms in total. The molecule has 0 aliphatic carbocycles. The van der Waals surface area contributed by atoms with Crippen LogP contribution < -0.4 is 0 Å². The van der Waals surface area contributed by atoms with Gasteiger partial charge >= 0.3 is 6.18 Å². The van der Waals surface area contributed by atoms with Gasteiger partial charge in [0.1, 0.15) is 0 Å². The normalized spacial score (nSPS) is 18.5. The van der Waals surface area contributed by atoms with Crippen LogP contribution in [0.25, 0.3) is 0 Å². The summed E-state index contributed by atoms with van der Waals surface area (Å²) in [5.74, 6) is 0. The highest BCUT2D eigenvalue weighted by Crippen LogP contribution is 2.30. The molecule has 1 radical (unpaired) electrons. The molecule has 1 aromatic rings. The number of ether oxygens (including phenoxy) is 1. The molecule has 2 rings (SSSR count). The Morgan fingerprint density at radius 2 is 1.89 bits per heavy atom. The quantitative estimate of drug-likeness (QED) is 0.831. The predicted molar refractivity (Wildman–Crippen MR) is 59.9 cm³/mol. The van der Waals surface area contributed by atoms with Crippen molar-refractivity contribution in [3.05, 3.63) is 29.8 Å². The summed E-state index contributed by atoms with van der Waals surface area (Å²) in [4.78, 5) is -0.375. The first kappa shape index (κ1) is 14.3. The Labute approximate surface area is 108 Å². The van der Waals surface area contributed by atoms with Gasteiger partial charge in [0.05, 0.1) is 23.7 Å². The molecular formula is C11H11F3NO3S. The number of nitrogens with zero attached hydrogens (tertiary/aromatic N) is 1. The van der Waals surface area contributed by atoms with Gasteiger partial charge < -0.3 is 4.74 Å². The van der Waals surface area contributed by atoms with E-state index in [-0.39, 0.29) is 31.2 Å². The summed E-state index contributed by atoms with van der Waals surface area (Å²) in [6.45, 7) is 0.763. The van der Waals surface area contributed by atoms with Crippen LogP contribution in [0.4, 0.5) is 13.2 Å². The summed E-state index contributed by atoms with van der Waals surface area (Å²) >= 11 is 0. The minimum atomic E-state index is -4.61. The van der Waals surface area contributed by atoms with Gasteiger partial charge in [-0.05, 0) is 18.2 Å². The van der Waals surface area contributed by atoms with Crippen LogP contribution in [0.15, 0.2) is 23.1 Å². The van der Waals surface area contributed by atoms with E-state index in [1.54, 1.807) is 0 Å². The zero-order valence-corrected chi connectivity index (χ0v) is 10.6. The maximum atomic E-state index is 12.5. The van der Waals surface area contributed by atoms with Crippen LogP contribution in [-0.2, 0) is 20.9 Å². The third-order valence-corrected chi connectivity index (χ3v) is 4.58. The first-order valence-corrected chi connectivity index (χ1v) is 6.92. The number of sulfonamides is 1. The smallest absolute Gasteiger partial charge is 0.379 e. The molecule has 0 bridgehead atoms. The number of morpholine rings is 1. The van der Waals surface area contributed by atoms with Crippen LogP contribution in [0.3, 0.4) is 0 Å². The summed E-state index contributed by atoms with van der Waals surface area (Å²) in [5.41, 5.74) is -1.10. The Balaban J connectivity index is 2.35. The van der Waals surface area contributed by atoms with Crippen molar-refractivity contribution in [2.24, 2.45) is 0 Å². The molecule has 1 aromatic carbocycles. The molecule has 0 spiro atoms. The lowest BCUT2D eigenvalue weighted by Gasteiger charge is -2.26. The average Bonchev–Trinajstić information content (AvgIpc) is 2.39. The van der Waals surface area contributed by atoms with Crippen LogP contribution in [-0.4, -0.2) is 39.0 Å². The van der Waals surface area contributed by atoms with E-state index in [0.717, 1.165) is 16.4 Å². The molecule has 1 aliphatic heterocycles. The Bertz CT molecular complexity index is 551. The highest BCUT2D eigenvalue weighted by Gasteiger charge is 2.33. The lowest BCUT2D eigenvalue weighted by molar-refractivity contribution is -0.138. The highest BCUT2D eigenvalue weighted by molar-refractivity contribution is 7.89. The van der Waals surface area contributed by atoms with Gasteiger partial charge in [0.2, 0.25) is 10.0 Å². The van der Waals surface area contributed by atoms with Crippen molar-refractivity contribution in [3.63, 3.8) is 0 Å². The van der Waals surface area contributed by atoms with E-state index in [1.165, 1.54) is 0 Å². The summed E-state index contributed by atoms with van der Waals surface area (Å²) in [7, 11) is -3.91. The Hall–Kier alpha value is -1.12. The van der Waals surface area contributed by atoms with Gasteiger partial charge in [-0.15, -0.1) is 0 Å². The second-order valence-electron chi connectivity index (χ2n) is 3.95. The van der Waals surface area contributed by atoms with E-state index in [9.17, 15) is 21.6 Å². The molecule has 0 N–H and O–H groups in total. The van der Waals surface area contributed by atoms with Crippen LogP contribution in [0, 0.1) is 6.07 Å². The molecule has 1 fully saturated rings. The van der Waals surface area contributed by atoms with Crippen molar-refractivity contribution in [2.75, 3.05) is 26.3 Å². The number of hydrogen-bond donors (Lipinski definition) is 0. The van der Waals surface area contributed by atoms with Gasteiger partial charge in [-0.3, -0.25) is 0 Å². The van der Waals surface area contributed by atoms with Crippen molar-refractivity contribution in [2.45, 2.75) is 11.1 Å². The SMILES string of the molecule is O=S(=O)(c1cc[c]c(C(F)(F)F)c1)N1CCOCC1. The second kappa shape index (κ2) is 5.10. The predicted octanol–water partition coefficient (Wildman–Crippen LogP) is 1.53. The molecular weight excluding hydrogens is 283 g/mol. The highest BCUT2D eigenvalue weighted by atomic mass is 32.2. The third-order valence-electron chi connectivity index (χ3n) is 2.69. The van der Waals surface area contributed by atoms with E-state index in [4.69, 9.17) is 4.74 Å². The minimum absolute atomic E-state index is 0.141. The van der Waals surface area contributed by atoms with Crippen molar-refractivity contribution in [1.82, 2.24) is 4.31 Å². The molecule has 0 amide bonds. The largest absolute Gasteiger partial charge is 0.417 e. The number of rotatable bonds is 2. The molecule has 0 saturated carbocycles. The van der Waals surface area contributed by atoms with E-state index in [0.29, 0.717) is 6.07 Å². The number of hydrogen-bond acceptors (Lipinski definition) is 3. The molecule has 0 aromatic heterocycles. The molecule has 1 saturated heterocycles. The molecule has 0 atom stereocenters. The van der Waals surface area contributed by atoms with Gasteiger partial charge in [-0.25, -0.2) is 8.42 Å². The van der Waals surface area contributed by atoms with Gasteiger partial charge in [0.25, 0.3) is 0 Å². The molecule has 1 heterocycles. The topological polar surface area (TPSA) is 46.6 Å². The standard InChI is InChI=1S/C11H11F3NO3S/c12-11(13,14)9-2-1-3-10(8-9)19(16,17)15-4-6-18-7-5-15/h1,3,8H,4-7H2. The van der Waals surface area contributed by atoms with Crippen LogP contribution >= 0.6 is 0 Å². The number of alkyl halides is 3. The first-order chi connectivity index (χ1) is 8.82. The Kier molecular flexibility index (Phi) is 3.84. The maximum Gasteiger partial charge on any atom is 0.417 e. The molecule has 19 heavy (non-hydrogen) atoms. The second-order valence-corrected chi connectivity index (χ2v) is 5.89. The first-order valence-electron chi connectivity index (χ1n) is 5.48. The van der Waals surface area contributed by atoms with E-state index >= 15 is 0 Å². The van der Waals surface area contributed by atoms with Gasteiger partial charge in [-0.2, -0.15) is 17.5 Å². The fourth-order valence-corrected chi connectivity index (χ4v) is 3.14. The Morgan fingerprint density at radius 1 is 1.26 bits per heavy atom. The lowest BCUT2D eigenvalue weighted by atomic mass is 10.2. The molecule has 0 unspecified atom stereocenters. The van der Waals surface area contributed by atoms with Gasteiger partial charge in [0, 0.05) is 13.1 Å². The van der Waals surface area contributed by atoms with Crippen LogP contribution in [0.2, 0.25) is 0 Å². The zero-order valence-electron chi connectivity index (χ0n) is 9.77. The average molecular weight is 294 g/mol. The monoisotopic (exact) mass is 294 g/mol. The summed E-state index contributed by atoms with van der Waals surface area (Å²) < 4.78 is 68.1. The Morgan fingerprint density at radius 3 is 2.47 bits per heavy atom. The number of benzene rings is 1. The summed E-state index contributed by atoms with van der Waals surface area (Å²) in [5, 5.41) is 0. The van der Waals surface area contributed by atoms with Crippen molar-refractivity contribution in [1.29, 1.82) is 0 Å². The minimum Gasteiger partial charge on any atom is -0.379 e. The van der Waals surface area contributed by atoms with Crippen LogP contribution in [0.1, 0.15) is 5.56 Å². The third kappa shape index (κ3) is 3.07. The zero-order chi connectivity index (χ0) is 14.1. The number of halogens is 3. The molecule has 1 aliphatic rings. The molecule has 8 heteroatoms. The molecule has 105 valence electrons. The van der Waals surface area contributed by atoms with Gasteiger partial charge in [0.15, 0.2) is 0 Å². The van der Waals surface area contributed by atoms with E-state index < -0.39 is 21.8 Å². The maximum absolute atomic E-state index is 12.5. The summed E-state index contributed by atoms with van der Waals surface area (Å²) in [6.07, 6.45) is -4.61. The van der Waals surface area contributed by atoms with Crippen molar-refractivity contribution < 1.29 is 26.3 Å². The lowest BCUT2D eigenvalue weighted by Crippen LogP contribution is -2.40. The van der Waals surface area contributed by atoms with E-state index in [2.05, 4.69) is 0 Å². The van der Waals surface area contributed by atoms with Crippen LogP contribution in [0.5, 0.6) is 0 Å². The van der Waals surface area contributed by atoms with Crippen molar-refractivity contribution in [3.8, 4) is 0 Å². The van der Waals surface area contributed by atoms with E-state index in [1.807, 2.05) is 6.07 Å². The fourth-order valence-electron chi connectivity index (χ4n) is 1.71. The summed E-state index contributed by atoms with van der Waals surface area (Å²) in [6, 6.07) is 4.67. The fraction of sp³-hybridized carbons (Fsp3) is 0.455.